The Kier molecular flexibility index (Phi) is 2.87. The molecule has 8 nitrogen and oxygen atoms in total. The van der Waals surface area contributed by atoms with E-state index >= 15 is 0 Å². The van der Waals surface area contributed by atoms with Crippen molar-refractivity contribution in [1.29, 1.82) is 0 Å². The van der Waals surface area contributed by atoms with Crippen LogP contribution in [0.2, 0.25) is 0 Å². The van der Waals surface area contributed by atoms with E-state index in [2.05, 4.69) is 25.7 Å². The number of aromatic nitrogens is 5. The van der Waals surface area contributed by atoms with Gasteiger partial charge in [0.05, 0.1) is 16.6 Å². The van der Waals surface area contributed by atoms with E-state index in [1.807, 2.05) is 24.3 Å². The van der Waals surface area contributed by atoms with E-state index in [1.54, 1.807) is 17.5 Å². The number of anilines is 1. The molecular weight excluding hydrogens is 320 g/mol. The fraction of sp³-hybridized carbons (Fsp3) is 0.235. The van der Waals surface area contributed by atoms with Gasteiger partial charge >= 0.3 is 0 Å². The molecule has 5 rings (SSSR count). The molecule has 4 heterocycles. The number of rotatable bonds is 3. The lowest BCUT2D eigenvalue weighted by molar-refractivity contribution is 0.102. The fourth-order valence-corrected chi connectivity index (χ4v) is 2.98. The molecule has 1 aliphatic rings. The number of aryl methyl sites for hydroxylation is 1. The van der Waals surface area contributed by atoms with Gasteiger partial charge in [-0.2, -0.15) is 0 Å². The number of pyridine rings is 2. The fourth-order valence-electron chi connectivity index (χ4n) is 2.98. The summed E-state index contributed by atoms with van der Waals surface area (Å²) < 4.78 is 7.01. The number of fused-ring (bicyclic) bond motifs is 2. The van der Waals surface area contributed by atoms with Crippen molar-refractivity contribution in [3.8, 4) is 0 Å². The first kappa shape index (κ1) is 14.1. The number of carbonyl (C=O) groups excluding carboxylic acids is 1. The van der Waals surface area contributed by atoms with Gasteiger partial charge in [0, 0.05) is 17.8 Å². The topological polar surface area (TPSA) is 98.2 Å². The van der Waals surface area contributed by atoms with Crippen molar-refractivity contribution in [1.82, 2.24) is 24.7 Å². The van der Waals surface area contributed by atoms with Crippen LogP contribution < -0.4 is 5.32 Å². The zero-order valence-corrected chi connectivity index (χ0v) is 13.4. The van der Waals surface area contributed by atoms with Gasteiger partial charge in [-0.15, -0.1) is 10.2 Å². The molecule has 0 aromatic carbocycles. The van der Waals surface area contributed by atoms with E-state index in [-0.39, 0.29) is 5.91 Å². The molecule has 25 heavy (non-hydrogen) atoms. The van der Waals surface area contributed by atoms with Gasteiger partial charge in [0.1, 0.15) is 0 Å². The van der Waals surface area contributed by atoms with Gasteiger partial charge in [0.2, 0.25) is 5.95 Å². The Bertz CT molecular complexity index is 1120. The molecule has 1 amide bonds. The quantitative estimate of drug-likeness (QED) is 0.618. The number of amides is 1. The highest BCUT2D eigenvalue weighted by Crippen LogP contribution is 2.40. The predicted molar refractivity (Wildman–Crippen MR) is 89.5 cm³/mol. The van der Waals surface area contributed by atoms with Crippen molar-refractivity contribution < 1.29 is 9.32 Å². The van der Waals surface area contributed by atoms with Crippen LogP contribution in [0.15, 0.2) is 35.0 Å². The van der Waals surface area contributed by atoms with Crippen LogP contribution in [-0.4, -0.2) is 30.6 Å². The maximum absolute atomic E-state index is 12.9. The van der Waals surface area contributed by atoms with E-state index in [1.165, 1.54) is 0 Å². The maximum Gasteiger partial charge on any atom is 0.259 e. The van der Waals surface area contributed by atoms with Crippen molar-refractivity contribution in [2.24, 2.45) is 0 Å². The summed E-state index contributed by atoms with van der Waals surface area (Å²) >= 11 is 0. The summed E-state index contributed by atoms with van der Waals surface area (Å²) in [4.78, 5) is 17.4. The van der Waals surface area contributed by atoms with Crippen LogP contribution in [0.1, 0.15) is 40.5 Å². The highest BCUT2D eigenvalue weighted by atomic mass is 16.5. The van der Waals surface area contributed by atoms with Gasteiger partial charge in [-0.1, -0.05) is 11.2 Å². The Morgan fingerprint density at radius 1 is 1.32 bits per heavy atom. The molecule has 0 radical (unpaired) electrons. The number of nitrogens with one attached hydrogen (secondary N) is 1. The molecule has 4 aromatic rings. The van der Waals surface area contributed by atoms with Crippen LogP contribution in [0.5, 0.6) is 0 Å². The van der Waals surface area contributed by atoms with E-state index in [4.69, 9.17) is 4.52 Å². The smallest absolute Gasteiger partial charge is 0.259 e. The standard InChI is InChI=1S/C17H14N6O2/c1-9-14-11(8-12(10-5-6-10)18-16(14)25-22-9)15(24)19-17-21-20-13-4-2-3-7-23(13)17/h2-4,7-8,10H,5-6H2,1H3,(H,19,21,24). The summed E-state index contributed by atoms with van der Waals surface area (Å²) in [5.41, 5.74) is 3.08. The Morgan fingerprint density at radius 3 is 3.04 bits per heavy atom. The first-order valence-corrected chi connectivity index (χ1v) is 8.09. The highest BCUT2D eigenvalue weighted by molar-refractivity contribution is 6.11. The van der Waals surface area contributed by atoms with Gasteiger partial charge in [0.25, 0.3) is 11.6 Å². The summed E-state index contributed by atoms with van der Waals surface area (Å²) in [6, 6.07) is 7.38. The lowest BCUT2D eigenvalue weighted by Gasteiger charge is -2.06. The van der Waals surface area contributed by atoms with Crippen LogP contribution >= 0.6 is 0 Å². The van der Waals surface area contributed by atoms with Crippen molar-refractivity contribution in [2.75, 3.05) is 5.32 Å². The highest BCUT2D eigenvalue weighted by Gasteiger charge is 2.29. The second kappa shape index (κ2) is 5.10. The van der Waals surface area contributed by atoms with Gasteiger partial charge in [-0.25, -0.2) is 4.98 Å². The molecule has 1 saturated carbocycles. The third-order valence-electron chi connectivity index (χ3n) is 4.42. The molecule has 0 saturated heterocycles. The molecule has 0 aliphatic heterocycles. The molecule has 124 valence electrons. The van der Waals surface area contributed by atoms with Crippen LogP contribution in [0.3, 0.4) is 0 Å². The van der Waals surface area contributed by atoms with E-state index in [9.17, 15) is 4.79 Å². The third kappa shape index (κ3) is 2.25. The third-order valence-corrected chi connectivity index (χ3v) is 4.42. The number of nitrogens with zero attached hydrogens (tertiary/aromatic N) is 5. The van der Waals surface area contributed by atoms with Gasteiger partial charge in [-0.3, -0.25) is 14.5 Å². The Hall–Kier alpha value is -3.29. The van der Waals surface area contributed by atoms with E-state index < -0.39 is 0 Å². The first-order valence-electron chi connectivity index (χ1n) is 8.09. The molecule has 0 atom stereocenters. The van der Waals surface area contributed by atoms with E-state index in [0.717, 1.165) is 18.5 Å². The molecule has 0 spiro atoms. The van der Waals surface area contributed by atoms with Crippen molar-refractivity contribution >= 4 is 28.6 Å². The van der Waals surface area contributed by atoms with Gasteiger partial charge in [0.15, 0.2) is 5.65 Å². The minimum atomic E-state index is -0.279. The van der Waals surface area contributed by atoms with Crippen LogP contribution in [0, 0.1) is 6.92 Å². The normalized spacial score (nSPS) is 14.3. The number of hydrogen-bond donors (Lipinski definition) is 1. The zero-order chi connectivity index (χ0) is 17.0. The summed E-state index contributed by atoms with van der Waals surface area (Å²) in [7, 11) is 0. The van der Waals surface area contributed by atoms with Crippen molar-refractivity contribution in [2.45, 2.75) is 25.7 Å². The average molecular weight is 334 g/mol. The second-order valence-electron chi connectivity index (χ2n) is 6.22. The summed E-state index contributed by atoms with van der Waals surface area (Å²) in [5.74, 6) is 0.488. The first-order chi connectivity index (χ1) is 12.2. The molecule has 4 aromatic heterocycles. The summed E-state index contributed by atoms with van der Waals surface area (Å²) in [5, 5.41) is 15.5. The molecule has 1 N–H and O–H groups in total. The predicted octanol–water partition coefficient (Wildman–Crippen LogP) is 2.70. The lowest BCUT2D eigenvalue weighted by Crippen LogP contribution is -2.15. The SMILES string of the molecule is Cc1noc2nc(C3CC3)cc(C(=O)Nc3nnc4ccccn34)c12. The Morgan fingerprint density at radius 2 is 2.20 bits per heavy atom. The van der Waals surface area contributed by atoms with E-state index in [0.29, 0.717) is 39.9 Å². The molecular formula is C17H14N6O2. The maximum atomic E-state index is 12.9. The second-order valence-corrected chi connectivity index (χ2v) is 6.22. The Balaban J connectivity index is 1.59. The minimum Gasteiger partial charge on any atom is -0.336 e. The van der Waals surface area contributed by atoms with Crippen LogP contribution in [-0.2, 0) is 0 Å². The van der Waals surface area contributed by atoms with Crippen molar-refractivity contribution in [3.63, 3.8) is 0 Å². The largest absolute Gasteiger partial charge is 0.336 e. The van der Waals surface area contributed by atoms with Gasteiger partial charge in [-0.05, 0) is 38.0 Å². The lowest BCUT2D eigenvalue weighted by atomic mass is 10.1. The van der Waals surface area contributed by atoms with Crippen LogP contribution in [0.4, 0.5) is 5.95 Å². The molecule has 8 heteroatoms. The monoisotopic (exact) mass is 334 g/mol. The Labute approximate surface area is 141 Å². The summed E-state index contributed by atoms with van der Waals surface area (Å²) in [6.07, 6.45) is 3.97. The summed E-state index contributed by atoms with van der Waals surface area (Å²) in [6.45, 7) is 1.80. The zero-order valence-electron chi connectivity index (χ0n) is 13.4. The molecule has 1 aliphatic carbocycles. The molecule has 0 bridgehead atoms. The number of carbonyl (C=O) groups is 1. The molecule has 1 fully saturated rings. The van der Waals surface area contributed by atoms with Crippen LogP contribution in [0.25, 0.3) is 16.7 Å². The average Bonchev–Trinajstić information content (AvgIpc) is 3.32. The molecule has 0 unspecified atom stereocenters. The van der Waals surface area contributed by atoms with Crippen molar-refractivity contribution in [3.05, 3.63) is 47.4 Å². The number of hydrogen-bond acceptors (Lipinski definition) is 6. The van der Waals surface area contributed by atoms with Gasteiger partial charge < -0.3 is 4.52 Å². The minimum absolute atomic E-state index is 0.279.